The molecule has 1 heterocycles. The first-order chi connectivity index (χ1) is 10.6. The lowest BCUT2D eigenvalue weighted by Gasteiger charge is -2.08. The van der Waals surface area contributed by atoms with Crippen molar-refractivity contribution in [2.24, 2.45) is 0 Å². The summed E-state index contributed by atoms with van der Waals surface area (Å²) in [6.07, 6.45) is 0. The van der Waals surface area contributed by atoms with Gasteiger partial charge in [0.05, 0.1) is 5.69 Å². The molecular formula is C15H9BrClN3O2. The van der Waals surface area contributed by atoms with Crippen molar-refractivity contribution in [2.45, 2.75) is 0 Å². The number of aromatic carboxylic acids is 1. The van der Waals surface area contributed by atoms with E-state index >= 15 is 0 Å². The van der Waals surface area contributed by atoms with Gasteiger partial charge in [0.25, 0.3) is 0 Å². The first-order valence-electron chi connectivity index (χ1n) is 6.27. The number of carbonyl (C=O) groups is 1. The highest BCUT2D eigenvalue weighted by atomic mass is 79.9. The van der Waals surface area contributed by atoms with Crippen molar-refractivity contribution in [1.29, 1.82) is 0 Å². The number of rotatable bonds is 3. The van der Waals surface area contributed by atoms with Crippen molar-refractivity contribution >= 4 is 33.5 Å². The highest BCUT2D eigenvalue weighted by Crippen LogP contribution is 2.27. The van der Waals surface area contributed by atoms with E-state index in [1.165, 1.54) is 4.68 Å². The molecule has 0 aliphatic rings. The van der Waals surface area contributed by atoms with Crippen molar-refractivity contribution in [3.63, 3.8) is 0 Å². The number of halogens is 2. The van der Waals surface area contributed by atoms with Gasteiger partial charge in [0, 0.05) is 15.1 Å². The zero-order valence-corrected chi connectivity index (χ0v) is 13.4. The van der Waals surface area contributed by atoms with Gasteiger partial charge in [-0.05, 0) is 36.4 Å². The highest BCUT2D eigenvalue weighted by molar-refractivity contribution is 9.10. The maximum Gasteiger partial charge on any atom is 0.358 e. The molecule has 0 bridgehead atoms. The number of carboxylic acids is 1. The Morgan fingerprint density at radius 2 is 1.91 bits per heavy atom. The van der Waals surface area contributed by atoms with E-state index in [1.807, 2.05) is 24.3 Å². The fourth-order valence-corrected chi connectivity index (χ4v) is 2.54. The van der Waals surface area contributed by atoms with Gasteiger partial charge in [0.1, 0.15) is 5.69 Å². The standard InChI is InChI=1S/C15H9BrClN3O2/c16-10-4-6-12(7-5-10)20-14(13(15(21)22)18-19-20)9-2-1-3-11(17)8-9/h1-8H,(H,21,22). The Labute approximate surface area is 139 Å². The topological polar surface area (TPSA) is 68.0 Å². The molecule has 1 aromatic heterocycles. The maximum absolute atomic E-state index is 11.4. The zero-order valence-electron chi connectivity index (χ0n) is 11.1. The van der Waals surface area contributed by atoms with Crippen LogP contribution in [0.4, 0.5) is 0 Å². The van der Waals surface area contributed by atoms with Crippen LogP contribution in [0.3, 0.4) is 0 Å². The lowest BCUT2D eigenvalue weighted by molar-refractivity contribution is 0.0691. The minimum absolute atomic E-state index is 0.120. The van der Waals surface area contributed by atoms with E-state index in [9.17, 15) is 9.90 Å². The number of nitrogens with zero attached hydrogens (tertiary/aromatic N) is 3. The summed E-state index contributed by atoms with van der Waals surface area (Å²) in [5, 5.41) is 17.6. The number of aromatic nitrogens is 3. The van der Waals surface area contributed by atoms with Gasteiger partial charge in [0.2, 0.25) is 0 Å². The molecular weight excluding hydrogens is 370 g/mol. The molecule has 0 aliphatic carbocycles. The van der Waals surface area contributed by atoms with Gasteiger partial charge < -0.3 is 5.11 Å². The lowest BCUT2D eigenvalue weighted by Crippen LogP contribution is -2.03. The second kappa shape index (κ2) is 5.90. The van der Waals surface area contributed by atoms with Crippen molar-refractivity contribution in [1.82, 2.24) is 15.0 Å². The molecule has 1 N–H and O–H groups in total. The molecule has 2 aromatic carbocycles. The molecule has 0 atom stereocenters. The third-order valence-electron chi connectivity index (χ3n) is 3.04. The number of hydrogen-bond acceptors (Lipinski definition) is 3. The summed E-state index contributed by atoms with van der Waals surface area (Å²) >= 11 is 9.37. The molecule has 0 saturated carbocycles. The molecule has 0 amide bonds. The van der Waals surface area contributed by atoms with E-state index in [-0.39, 0.29) is 5.69 Å². The first-order valence-corrected chi connectivity index (χ1v) is 7.44. The SMILES string of the molecule is O=C(O)c1nnn(-c2ccc(Br)cc2)c1-c1cccc(Cl)c1. The molecule has 5 nitrogen and oxygen atoms in total. The highest BCUT2D eigenvalue weighted by Gasteiger charge is 2.21. The van der Waals surface area contributed by atoms with E-state index in [4.69, 9.17) is 11.6 Å². The Hall–Kier alpha value is -2.18. The van der Waals surface area contributed by atoms with Crippen LogP contribution in [-0.2, 0) is 0 Å². The van der Waals surface area contributed by atoms with Crippen molar-refractivity contribution in [2.75, 3.05) is 0 Å². The predicted octanol–water partition coefficient (Wildman–Crippen LogP) is 4.05. The molecule has 0 unspecified atom stereocenters. The first kappa shape index (κ1) is 14.7. The lowest BCUT2D eigenvalue weighted by atomic mass is 10.1. The van der Waals surface area contributed by atoms with Crippen LogP contribution in [0, 0.1) is 0 Å². The number of hydrogen-bond donors (Lipinski definition) is 1. The Bertz CT molecular complexity index is 846. The zero-order chi connectivity index (χ0) is 15.7. The fourth-order valence-electron chi connectivity index (χ4n) is 2.08. The minimum atomic E-state index is -1.14. The second-order valence-corrected chi connectivity index (χ2v) is 5.84. The molecule has 7 heteroatoms. The molecule has 0 fully saturated rings. The molecule has 110 valence electrons. The van der Waals surface area contributed by atoms with Crippen LogP contribution >= 0.6 is 27.5 Å². The van der Waals surface area contributed by atoms with Crippen LogP contribution in [0.25, 0.3) is 16.9 Å². The monoisotopic (exact) mass is 377 g/mol. The summed E-state index contributed by atoms with van der Waals surface area (Å²) in [5.41, 5.74) is 1.61. The Morgan fingerprint density at radius 3 is 2.55 bits per heavy atom. The van der Waals surface area contributed by atoms with E-state index in [1.54, 1.807) is 24.3 Å². The van der Waals surface area contributed by atoms with Crippen molar-refractivity contribution in [3.8, 4) is 16.9 Å². The van der Waals surface area contributed by atoms with Gasteiger partial charge in [-0.15, -0.1) is 5.10 Å². The summed E-state index contributed by atoms with van der Waals surface area (Å²) < 4.78 is 2.40. The van der Waals surface area contributed by atoms with E-state index < -0.39 is 5.97 Å². The molecule has 0 saturated heterocycles. The fraction of sp³-hybridized carbons (Fsp3) is 0. The largest absolute Gasteiger partial charge is 0.476 e. The Morgan fingerprint density at radius 1 is 1.18 bits per heavy atom. The second-order valence-electron chi connectivity index (χ2n) is 4.49. The van der Waals surface area contributed by atoms with Crippen LogP contribution in [0.2, 0.25) is 5.02 Å². The maximum atomic E-state index is 11.4. The third kappa shape index (κ3) is 2.75. The van der Waals surface area contributed by atoms with E-state index in [0.29, 0.717) is 22.0 Å². The van der Waals surface area contributed by atoms with Crippen LogP contribution in [0.15, 0.2) is 53.0 Å². The van der Waals surface area contributed by atoms with Crippen molar-refractivity contribution < 1.29 is 9.90 Å². The number of carboxylic acid groups (broad SMARTS) is 1. The quantitative estimate of drug-likeness (QED) is 0.746. The summed E-state index contributed by atoms with van der Waals surface area (Å²) in [6.45, 7) is 0. The van der Waals surface area contributed by atoms with Gasteiger partial charge in [-0.2, -0.15) is 0 Å². The average molecular weight is 379 g/mol. The molecule has 3 rings (SSSR count). The molecule has 3 aromatic rings. The average Bonchev–Trinajstić information content (AvgIpc) is 2.93. The van der Waals surface area contributed by atoms with Gasteiger partial charge in [-0.25, -0.2) is 9.48 Å². The summed E-state index contributed by atoms with van der Waals surface area (Å²) in [4.78, 5) is 11.4. The molecule has 0 radical (unpaired) electrons. The van der Waals surface area contributed by atoms with E-state index in [2.05, 4.69) is 26.2 Å². The van der Waals surface area contributed by atoms with Crippen LogP contribution < -0.4 is 0 Å². The Balaban J connectivity index is 2.24. The summed E-state index contributed by atoms with van der Waals surface area (Å²) in [5.74, 6) is -1.14. The van der Waals surface area contributed by atoms with Gasteiger partial charge in [-0.3, -0.25) is 0 Å². The van der Waals surface area contributed by atoms with Crippen LogP contribution in [-0.4, -0.2) is 26.1 Å². The smallest absolute Gasteiger partial charge is 0.358 e. The summed E-state index contributed by atoms with van der Waals surface area (Å²) in [6, 6.07) is 14.3. The molecule has 22 heavy (non-hydrogen) atoms. The summed E-state index contributed by atoms with van der Waals surface area (Å²) in [7, 11) is 0. The van der Waals surface area contributed by atoms with Gasteiger partial charge in [0.15, 0.2) is 5.69 Å². The van der Waals surface area contributed by atoms with E-state index in [0.717, 1.165) is 4.47 Å². The van der Waals surface area contributed by atoms with Gasteiger partial charge in [-0.1, -0.05) is 44.9 Å². The van der Waals surface area contributed by atoms with Crippen LogP contribution in [0.1, 0.15) is 10.5 Å². The normalized spacial score (nSPS) is 10.6. The molecule has 0 aliphatic heterocycles. The third-order valence-corrected chi connectivity index (χ3v) is 3.81. The van der Waals surface area contributed by atoms with Crippen LogP contribution in [0.5, 0.6) is 0 Å². The van der Waals surface area contributed by atoms with Gasteiger partial charge >= 0.3 is 5.97 Å². The number of benzene rings is 2. The molecule has 0 spiro atoms. The Kier molecular flexibility index (Phi) is 3.96. The predicted molar refractivity (Wildman–Crippen MR) is 86.5 cm³/mol. The minimum Gasteiger partial charge on any atom is -0.476 e. The van der Waals surface area contributed by atoms with Crippen molar-refractivity contribution in [3.05, 3.63) is 63.7 Å².